The highest BCUT2D eigenvalue weighted by atomic mass is 16.3. The Kier molecular flexibility index (Phi) is 4.10. The first-order chi connectivity index (χ1) is 7.00. The molecule has 0 bridgehead atoms. The molecule has 1 unspecified atom stereocenters. The summed E-state index contributed by atoms with van der Waals surface area (Å²) in [6, 6.07) is 6.21. The highest BCUT2D eigenvalue weighted by Gasteiger charge is 2.10. The summed E-state index contributed by atoms with van der Waals surface area (Å²) in [5.41, 5.74) is 4.54. The Morgan fingerprint density at radius 3 is 2.67 bits per heavy atom. The van der Waals surface area contributed by atoms with Gasteiger partial charge in [-0.25, -0.2) is 0 Å². The molecule has 1 heteroatoms. The van der Waals surface area contributed by atoms with Crippen LogP contribution in [0.3, 0.4) is 0 Å². The minimum atomic E-state index is -0.360. The second-order valence-corrected chi connectivity index (χ2v) is 4.37. The third kappa shape index (κ3) is 3.52. The van der Waals surface area contributed by atoms with Crippen molar-refractivity contribution in [2.75, 3.05) is 0 Å². The maximum Gasteiger partial charge on any atom is 0.0795 e. The SMILES string of the molecule is C=C(C)CCC(O)c1cc(C)ccc1C. The van der Waals surface area contributed by atoms with Crippen LogP contribution in [-0.2, 0) is 0 Å². The van der Waals surface area contributed by atoms with Crippen LogP contribution in [0.1, 0.15) is 42.6 Å². The molecule has 15 heavy (non-hydrogen) atoms. The van der Waals surface area contributed by atoms with Crippen molar-refractivity contribution in [3.8, 4) is 0 Å². The first-order valence-corrected chi connectivity index (χ1v) is 5.40. The topological polar surface area (TPSA) is 20.2 Å². The van der Waals surface area contributed by atoms with Crippen LogP contribution in [0.15, 0.2) is 30.4 Å². The molecule has 1 atom stereocenters. The fourth-order valence-corrected chi connectivity index (χ4v) is 1.66. The van der Waals surface area contributed by atoms with E-state index in [1.165, 1.54) is 5.56 Å². The van der Waals surface area contributed by atoms with Gasteiger partial charge in [0.1, 0.15) is 0 Å². The van der Waals surface area contributed by atoms with Crippen molar-refractivity contribution >= 4 is 0 Å². The smallest absolute Gasteiger partial charge is 0.0795 e. The van der Waals surface area contributed by atoms with E-state index in [2.05, 4.69) is 31.7 Å². The first kappa shape index (κ1) is 12.0. The van der Waals surface area contributed by atoms with Crippen LogP contribution in [0.25, 0.3) is 0 Å². The molecular formula is C14H20O. The van der Waals surface area contributed by atoms with Gasteiger partial charge < -0.3 is 5.11 Å². The highest BCUT2D eigenvalue weighted by Crippen LogP contribution is 2.24. The third-order valence-corrected chi connectivity index (χ3v) is 2.64. The van der Waals surface area contributed by atoms with Crippen molar-refractivity contribution in [1.29, 1.82) is 0 Å². The van der Waals surface area contributed by atoms with Crippen molar-refractivity contribution in [3.05, 3.63) is 47.0 Å². The molecule has 1 nitrogen and oxygen atoms in total. The van der Waals surface area contributed by atoms with Crippen LogP contribution >= 0.6 is 0 Å². The van der Waals surface area contributed by atoms with Crippen LogP contribution in [0, 0.1) is 13.8 Å². The highest BCUT2D eigenvalue weighted by molar-refractivity contribution is 5.32. The zero-order chi connectivity index (χ0) is 11.4. The van der Waals surface area contributed by atoms with Crippen molar-refractivity contribution in [2.24, 2.45) is 0 Å². The van der Waals surface area contributed by atoms with Gasteiger partial charge in [-0.3, -0.25) is 0 Å². The van der Waals surface area contributed by atoms with Gasteiger partial charge in [0.05, 0.1) is 6.10 Å². The van der Waals surface area contributed by atoms with Gasteiger partial charge >= 0.3 is 0 Å². The molecule has 1 N–H and O–H groups in total. The average Bonchev–Trinajstić information content (AvgIpc) is 2.18. The van der Waals surface area contributed by atoms with E-state index >= 15 is 0 Å². The molecule has 1 aromatic carbocycles. The van der Waals surface area contributed by atoms with Gasteiger partial charge in [-0.1, -0.05) is 29.3 Å². The molecule has 0 aliphatic rings. The predicted molar refractivity (Wildman–Crippen MR) is 64.9 cm³/mol. The van der Waals surface area contributed by atoms with E-state index in [9.17, 15) is 5.11 Å². The minimum Gasteiger partial charge on any atom is -0.388 e. The van der Waals surface area contributed by atoms with E-state index in [0.29, 0.717) is 0 Å². The maximum absolute atomic E-state index is 10.0. The molecule has 0 saturated heterocycles. The standard InChI is InChI=1S/C14H20O/c1-10(2)5-8-14(15)13-9-11(3)6-7-12(13)4/h6-7,9,14-15H,1,5,8H2,2-4H3. The first-order valence-electron chi connectivity index (χ1n) is 5.40. The Labute approximate surface area is 92.5 Å². The second kappa shape index (κ2) is 5.13. The summed E-state index contributed by atoms with van der Waals surface area (Å²) in [6.07, 6.45) is 1.29. The van der Waals surface area contributed by atoms with E-state index in [1.807, 2.05) is 13.8 Å². The molecular weight excluding hydrogens is 184 g/mol. The van der Waals surface area contributed by atoms with Crippen LogP contribution < -0.4 is 0 Å². The summed E-state index contributed by atoms with van der Waals surface area (Å²) in [5.74, 6) is 0. The number of aliphatic hydroxyl groups is 1. The monoisotopic (exact) mass is 204 g/mol. The summed E-state index contributed by atoms with van der Waals surface area (Å²) in [6.45, 7) is 9.94. The lowest BCUT2D eigenvalue weighted by Gasteiger charge is -2.14. The van der Waals surface area contributed by atoms with Gasteiger partial charge in [0.2, 0.25) is 0 Å². The van der Waals surface area contributed by atoms with Crippen molar-refractivity contribution in [2.45, 2.75) is 39.7 Å². The largest absolute Gasteiger partial charge is 0.388 e. The molecule has 0 aliphatic heterocycles. The number of hydrogen-bond donors (Lipinski definition) is 1. The van der Waals surface area contributed by atoms with Crippen molar-refractivity contribution in [3.63, 3.8) is 0 Å². The fourth-order valence-electron chi connectivity index (χ4n) is 1.66. The van der Waals surface area contributed by atoms with Gasteiger partial charge in [-0.05, 0) is 44.7 Å². The molecule has 82 valence electrons. The minimum absolute atomic E-state index is 0.360. The number of allylic oxidation sites excluding steroid dienone is 1. The lowest BCUT2D eigenvalue weighted by Crippen LogP contribution is -2.00. The van der Waals surface area contributed by atoms with Gasteiger partial charge in [0, 0.05) is 0 Å². The van der Waals surface area contributed by atoms with Gasteiger partial charge in [-0.2, -0.15) is 0 Å². The molecule has 0 amide bonds. The van der Waals surface area contributed by atoms with Crippen LogP contribution in [0.5, 0.6) is 0 Å². The zero-order valence-electron chi connectivity index (χ0n) is 9.88. The normalized spacial score (nSPS) is 12.5. The number of benzene rings is 1. The number of aliphatic hydroxyl groups excluding tert-OH is 1. The second-order valence-electron chi connectivity index (χ2n) is 4.37. The van der Waals surface area contributed by atoms with E-state index in [-0.39, 0.29) is 6.10 Å². The molecule has 1 aromatic rings. The Hall–Kier alpha value is -1.08. The van der Waals surface area contributed by atoms with E-state index in [1.54, 1.807) is 0 Å². The zero-order valence-corrected chi connectivity index (χ0v) is 9.88. The number of rotatable bonds is 4. The number of hydrogen-bond acceptors (Lipinski definition) is 1. The lowest BCUT2D eigenvalue weighted by atomic mass is 9.97. The van der Waals surface area contributed by atoms with Gasteiger partial charge in [0.25, 0.3) is 0 Å². The maximum atomic E-state index is 10.0. The van der Waals surface area contributed by atoms with Crippen molar-refractivity contribution in [1.82, 2.24) is 0 Å². The molecule has 1 rings (SSSR count). The summed E-state index contributed by atoms with van der Waals surface area (Å²) in [5, 5.41) is 10.0. The Morgan fingerprint density at radius 2 is 2.07 bits per heavy atom. The van der Waals surface area contributed by atoms with Crippen molar-refractivity contribution < 1.29 is 5.11 Å². The third-order valence-electron chi connectivity index (χ3n) is 2.64. The predicted octanol–water partition coefficient (Wildman–Crippen LogP) is 3.69. The average molecular weight is 204 g/mol. The number of aryl methyl sites for hydroxylation is 2. The van der Waals surface area contributed by atoms with Gasteiger partial charge in [-0.15, -0.1) is 6.58 Å². The molecule has 0 heterocycles. The van der Waals surface area contributed by atoms with Crippen LogP contribution in [0.2, 0.25) is 0 Å². The molecule has 0 radical (unpaired) electrons. The van der Waals surface area contributed by atoms with E-state index in [0.717, 1.165) is 29.5 Å². The molecule has 0 aliphatic carbocycles. The summed E-state index contributed by atoms with van der Waals surface area (Å²) < 4.78 is 0. The van der Waals surface area contributed by atoms with Crippen LogP contribution in [0.4, 0.5) is 0 Å². The fraction of sp³-hybridized carbons (Fsp3) is 0.429. The molecule has 0 fully saturated rings. The van der Waals surface area contributed by atoms with E-state index in [4.69, 9.17) is 0 Å². The Morgan fingerprint density at radius 1 is 1.40 bits per heavy atom. The van der Waals surface area contributed by atoms with Crippen LogP contribution in [-0.4, -0.2) is 5.11 Å². The molecule has 0 spiro atoms. The Balaban J connectivity index is 2.76. The Bertz CT molecular complexity index is 352. The van der Waals surface area contributed by atoms with E-state index < -0.39 is 0 Å². The summed E-state index contributed by atoms with van der Waals surface area (Å²) >= 11 is 0. The summed E-state index contributed by atoms with van der Waals surface area (Å²) in [4.78, 5) is 0. The summed E-state index contributed by atoms with van der Waals surface area (Å²) in [7, 11) is 0. The lowest BCUT2D eigenvalue weighted by molar-refractivity contribution is 0.167. The quantitative estimate of drug-likeness (QED) is 0.741. The molecule has 0 saturated carbocycles. The van der Waals surface area contributed by atoms with Gasteiger partial charge in [0.15, 0.2) is 0 Å². The molecule has 0 aromatic heterocycles.